The van der Waals surface area contributed by atoms with Crippen molar-refractivity contribution in [2.24, 2.45) is 5.41 Å². The van der Waals surface area contributed by atoms with Gasteiger partial charge in [0.05, 0.1) is 0 Å². The third-order valence-corrected chi connectivity index (χ3v) is 2.46. The van der Waals surface area contributed by atoms with E-state index in [0.29, 0.717) is 5.56 Å². The van der Waals surface area contributed by atoms with Gasteiger partial charge in [-0.3, -0.25) is 4.79 Å². The summed E-state index contributed by atoms with van der Waals surface area (Å²) in [5, 5.41) is 10.2. The maximum Gasteiger partial charge on any atom is 0.173 e. The Bertz CT molecular complexity index is 345. The Hall–Kier alpha value is -1.15. The zero-order valence-corrected chi connectivity index (χ0v) is 9.74. The summed E-state index contributed by atoms with van der Waals surface area (Å²) in [6.45, 7) is 6.99. The summed E-state index contributed by atoms with van der Waals surface area (Å²) in [4.78, 5) is 12.0. The molecule has 1 aromatic rings. The molecule has 2 nitrogen and oxygen atoms in total. The molecule has 1 unspecified atom stereocenters. The highest BCUT2D eigenvalue weighted by Gasteiger charge is 2.39. The number of aliphatic hydroxyl groups is 1. The Morgan fingerprint density at radius 2 is 1.53 bits per heavy atom. The van der Waals surface area contributed by atoms with Gasteiger partial charge in [0.1, 0.15) is 5.60 Å². The number of ketones is 1. The molecule has 0 aromatic heterocycles. The van der Waals surface area contributed by atoms with Crippen LogP contribution in [0.5, 0.6) is 0 Å². The maximum absolute atomic E-state index is 12.0. The fourth-order valence-corrected chi connectivity index (χ4v) is 1.62. The van der Waals surface area contributed by atoms with E-state index < -0.39 is 11.0 Å². The van der Waals surface area contributed by atoms with Gasteiger partial charge in [0.2, 0.25) is 0 Å². The van der Waals surface area contributed by atoms with Crippen molar-refractivity contribution < 1.29 is 9.90 Å². The summed E-state index contributed by atoms with van der Waals surface area (Å²) in [6.07, 6.45) is 0. The van der Waals surface area contributed by atoms with Crippen LogP contribution in [0.2, 0.25) is 0 Å². The van der Waals surface area contributed by atoms with E-state index in [4.69, 9.17) is 0 Å². The highest BCUT2D eigenvalue weighted by Crippen LogP contribution is 2.30. The van der Waals surface area contributed by atoms with Gasteiger partial charge in [-0.25, -0.2) is 0 Å². The number of Topliss-reactive ketones (excluding diaryl/α,β-unsaturated/α-hetero) is 1. The fourth-order valence-electron chi connectivity index (χ4n) is 1.62. The predicted octanol–water partition coefficient (Wildman–Crippen LogP) is 2.51. The molecule has 0 heterocycles. The molecule has 1 aromatic carbocycles. The molecule has 0 aliphatic heterocycles. The normalized spacial score (nSPS) is 15.8. The van der Waals surface area contributed by atoms with Gasteiger partial charge in [0.15, 0.2) is 5.78 Å². The van der Waals surface area contributed by atoms with E-state index in [9.17, 15) is 9.90 Å². The molecule has 1 rings (SSSR count). The van der Waals surface area contributed by atoms with Crippen LogP contribution >= 0.6 is 0 Å². The van der Waals surface area contributed by atoms with Gasteiger partial charge in [0.25, 0.3) is 0 Å². The second-order valence-corrected chi connectivity index (χ2v) is 5.02. The molecule has 2 heteroatoms. The van der Waals surface area contributed by atoms with Crippen LogP contribution in [0.25, 0.3) is 0 Å². The van der Waals surface area contributed by atoms with Crippen molar-refractivity contribution in [1.29, 1.82) is 0 Å². The Morgan fingerprint density at radius 1 is 1.07 bits per heavy atom. The summed E-state index contributed by atoms with van der Waals surface area (Å²) in [7, 11) is 0. The quantitative estimate of drug-likeness (QED) is 0.807. The lowest BCUT2D eigenvalue weighted by atomic mass is 9.78. The third-order valence-electron chi connectivity index (χ3n) is 2.46. The molecule has 0 saturated heterocycles. The van der Waals surface area contributed by atoms with Crippen LogP contribution in [0.1, 0.15) is 33.3 Å². The number of hydrogen-bond acceptors (Lipinski definition) is 2. The fraction of sp³-hybridized carbons (Fsp3) is 0.462. The Kier molecular flexibility index (Phi) is 3.00. The Labute approximate surface area is 90.9 Å². The van der Waals surface area contributed by atoms with Crippen molar-refractivity contribution in [1.82, 2.24) is 0 Å². The molecule has 15 heavy (non-hydrogen) atoms. The van der Waals surface area contributed by atoms with Crippen LogP contribution < -0.4 is 0 Å². The molecule has 0 radical (unpaired) electrons. The average Bonchev–Trinajstić information content (AvgIpc) is 2.16. The molecule has 1 N–H and O–H groups in total. The summed E-state index contributed by atoms with van der Waals surface area (Å²) >= 11 is 0. The minimum atomic E-state index is -1.40. The van der Waals surface area contributed by atoms with E-state index in [1.807, 2.05) is 39.0 Å². The van der Waals surface area contributed by atoms with Gasteiger partial charge >= 0.3 is 0 Å². The zero-order valence-electron chi connectivity index (χ0n) is 9.74. The molecule has 0 bridgehead atoms. The molecule has 0 amide bonds. The number of carbonyl (C=O) groups is 1. The van der Waals surface area contributed by atoms with Crippen LogP contribution in [-0.4, -0.2) is 10.9 Å². The van der Waals surface area contributed by atoms with E-state index in [-0.39, 0.29) is 5.78 Å². The highest BCUT2D eigenvalue weighted by molar-refractivity contribution is 5.92. The first-order chi connectivity index (χ1) is 6.76. The first-order valence-electron chi connectivity index (χ1n) is 5.09. The van der Waals surface area contributed by atoms with Gasteiger partial charge < -0.3 is 5.11 Å². The van der Waals surface area contributed by atoms with Crippen molar-refractivity contribution in [3.05, 3.63) is 35.9 Å². The molecule has 0 aliphatic rings. The largest absolute Gasteiger partial charge is 0.378 e. The van der Waals surface area contributed by atoms with Gasteiger partial charge in [-0.2, -0.15) is 0 Å². The second-order valence-electron chi connectivity index (χ2n) is 5.02. The summed E-state index contributed by atoms with van der Waals surface area (Å²) in [5.74, 6) is -0.166. The molecule has 0 spiro atoms. The van der Waals surface area contributed by atoms with Gasteiger partial charge in [0, 0.05) is 5.41 Å². The minimum absolute atomic E-state index is 0.166. The standard InChI is InChI=1S/C13H18O2/c1-12(2,3)11(14)13(4,15)10-8-6-5-7-9-10/h5-9,15H,1-4H3. The molecule has 0 aliphatic carbocycles. The molecule has 0 fully saturated rings. The van der Waals surface area contributed by atoms with Crippen LogP contribution in [0, 0.1) is 5.41 Å². The molecule has 1 atom stereocenters. The monoisotopic (exact) mass is 206 g/mol. The zero-order chi connectivity index (χ0) is 11.7. The summed E-state index contributed by atoms with van der Waals surface area (Å²) in [6, 6.07) is 9.04. The highest BCUT2D eigenvalue weighted by atomic mass is 16.3. The molecule has 0 saturated carbocycles. The van der Waals surface area contributed by atoms with Crippen LogP contribution in [0.4, 0.5) is 0 Å². The van der Waals surface area contributed by atoms with E-state index in [1.54, 1.807) is 19.1 Å². The topological polar surface area (TPSA) is 37.3 Å². The number of carbonyl (C=O) groups excluding carboxylic acids is 1. The summed E-state index contributed by atoms with van der Waals surface area (Å²) < 4.78 is 0. The lowest BCUT2D eigenvalue weighted by molar-refractivity contribution is -0.144. The maximum atomic E-state index is 12.0. The van der Waals surface area contributed by atoms with Crippen LogP contribution in [0.15, 0.2) is 30.3 Å². The van der Waals surface area contributed by atoms with Gasteiger partial charge in [-0.05, 0) is 12.5 Å². The predicted molar refractivity (Wildman–Crippen MR) is 60.5 cm³/mol. The second kappa shape index (κ2) is 3.78. The van der Waals surface area contributed by atoms with Crippen LogP contribution in [-0.2, 0) is 10.4 Å². The van der Waals surface area contributed by atoms with Crippen molar-refractivity contribution >= 4 is 5.78 Å². The van der Waals surface area contributed by atoms with Crippen LogP contribution in [0.3, 0.4) is 0 Å². The minimum Gasteiger partial charge on any atom is -0.378 e. The average molecular weight is 206 g/mol. The lowest BCUT2D eigenvalue weighted by Crippen LogP contribution is -2.40. The van der Waals surface area contributed by atoms with Crippen molar-refractivity contribution in [3.8, 4) is 0 Å². The van der Waals surface area contributed by atoms with E-state index >= 15 is 0 Å². The van der Waals surface area contributed by atoms with Crippen molar-refractivity contribution in [2.75, 3.05) is 0 Å². The number of benzene rings is 1. The van der Waals surface area contributed by atoms with Gasteiger partial charge in [-0.1, -0.05) is 51.1 Å². The smallest absolute Gasteiger partial charge is 0.173 e. The number of rotatable bonds is 2. The van der Waals surface area contributed by atoms with E-state index in [0.717, 1.165) is 0 Å². The molecule has 82 valence electrons. The van der Waals surface area contributed by atoms with E-state index in [1.165, 1.54) is 0 Å². The molecular weight excluding hydrogens is 188 g/mol. The summed E-state index contributed by atoms with van der Waals surface area (Å²) in [5.41, 5.74) is -1.30. The van der Waals surface area contributed by atoms with Crippen molar-refractivity contribution in [2.45, 2.75) is 33.3 Å². The molecular formula is C13H18O2. The van der Waals surface area contributed by atoms with Crippen molar-refractivity contribution in [3.63, 3.8) is 0 Å². The Morgan fingerprint density at radius 3 is 1.93 bits per heavy atom. The third kappa shape index (κ3) is 2.45. The first-order valence-corrected chi connectivity index (χ1v) is 5.09. The SMILES string of the molecule is CC(C)(C)C(=O)C(C)(O)c1ccccc1. The van der Waals surface area contributed by atoms with Gasteiger partial charge in [-0.15, -0.1) is 0 Å². The Balaban J connectivity index is 3.09. The number of hydrogen-bond donors (Lipinski definition) is 1. The lowest BCUT2D eigenvalue weighted by Gasteiger charge is -2.29. The van der Waals surface area contributed by atoms with E-state index in [2.05, 4.69) is 0 Å². The first kappa shape index (κ1) is 11.9.